The number of aliphatic hydroxyl groups is 1. The third kappa shape index (κ3) is 5.55. The molecule has 1 unspecified atom stereocenters. The number of aliphatic hydroxyl groups excluding tert-OH is 1. The molecular weight excluding hydrogens is 507 g/mol. The van der Waals surface area contributed by atoms with E-state index >= 15 is 0 Å². The number of Topliss-reactive ketones (excluding diaryl/α,β-unsaturated/α-hetero) is 1. The number of ether oxygens (including phenoxy) is 1. The van der Waals surface area contributed by atoms with Crippen molar-refractivity contribution < 1.29 is 32.6 Å². The third-order valence-corrected chi connectivity index (χ3v) is 6.94. The van der Waals surface area contributed by atoms with Crippen molar-refractivity contribution in [2.45, 2.75) is 51.9 Å². The highest BCUT2D eigenvalue weighted by atomic mass is 19.4. The van der Waals surface area contributed by atoms with Crippen LogP contribution in [-0.2, 0) is 27.7 Å². The first-order valence-corrected chi connectivity index (χ1v) is 12.4. The summed E-state index contributed by atoms with van der Waals surface area (Å²) < 4.78 is 45.3. The number of nitrogens with zero attached hydrogens (tertiary/aromatic N) is 1. The van der Waals surface area contributed by atoms with Crippen LogP contribution in [0.4, 0.5) is 13.2 Å². The Morgan fingerprint density at radius 3 is 2.21 bits per heavy atom. The van der Waals surface area contributed by atoms with Crippen LogP contribution in [0.5, 0.6) is 5.75 Å². The predicted molar refractivity (Wildman–Crippen MR) is 142 cm³/mol. The van der Waals surface area contributed by atoms with E-state index in [2.05, 4.69) is 0 Å². The maximum Gasteiger partial charge on any atom is 0.416 e. The minimum Gasteiger partial charge on any atom is -0.507 e. The molecule has 39 heavy (non-hydrogen) atoms. The highest BCUT2D eigenvalue weighted by Gasteiger charge is 2.46. The molecule has 0 spiro atoms. The van der Waals surface area contributed by atoms with E-state index in [-0.39, 0.29) is 28.9 Å². The van der Waals surface area contributed by atoms with Gasteiger partial charge in [-0.2, -0.15) is 13.2 Å². The number of benzene rings is 3. The Labute approximate surface area is 225 Å². The maximum absolute atomic E-state index is 13.4. The summed E-state index contributed by atoms with van der Waals surface area (Å²) in [4.78, 5) is 28.0. The van der Waals surface area contributed by atoms with Crippen LogP contribution in [0.15, 0.2) is 72.3 Å². The zero-order valence-corrected chi connectivity index (χ0v) is 22.4. The molecule has 0 aliphatic carbocycles. The first-order valence-electron chi connectivity index (χ1n) is 12.4. The zero-order valence-electron chi connectivity index (χ0n) is 22.4. The Balaban J connectivity index is 1.89. The van der Waals surface area contributed by atoms with Crippen LogP contribution in [0.2, 0.25) is 0 Å². The molecule has 0 saturated carbocycles. The van der Waals surface area contributed by atoms with Crippen molar-refractivity contribution in [1.82, 2.24) is 4.90 Å². The number of hydrogen-bond acceptors (Lipinski definition) is 4. The number of alkyl halides is 3. The molecule has 0 bridgehead atoms. The number of hydrogen-bond donors (Lipinski definition) is 1. The molecule has 3 aromatic rings. The normalized spacial score (nSPS) is 17.5. The van der Waals surface area contributed by atoms with Crippen molar-refractivity contribution in [2.24, 2.45) is 0 Å². The first-order chi connectivity index (χ1) is 18.2. The fraction of sp³-hybridized carbons (Fsp3) is 0.290. The highest BCUT2D eigenvalue weighted by molar-refractivity contribution is 6.46. The Kier molecular flexibility index (Phi) is 7.34. The molecule has 3 aromatic carbocycles. The van der Waals surface area contributed by atoms with Crippen molar-refractivity contribution in [3.8, 4) is 5.75 Å². The number of aryl methyl sites for hydroxylation is 1. The lowest BCUT2D eigenvalue weighted by Gasteiger charge is -2.26. The average molecular weight is 538 g/mol. The number of methoxy groups -OCH3 is 1. The van der Waals surface area contributed by atoms with Crippen LogP contribution in [0.1, 0.15) is 60.2 Å². The molecule has 1 amide bonds. The quantitative estimate of drug-likeness (QED) is 0.218. The van der Waals surface area contributed by atoms with Gasteiger partial charge in [-0.1, -0.05) is 57.2 Å². The second-order valence-electron chi connectivity index (χ2n) is 10.7. The molecule has 1 N–H and O–H groups in total. The molecule has 8 heteroatoms. The summed E-state index contributed by atoms with van der Waals surface area (Å²) in [6.45, 7) is 7.60. The lowest BCUT2D eigenvalue weighted by Crippen LogP contribution is -2.29. The summed E-state index contributed by atoms with van der Waals surface area (Å²) in [6, 6.07) is 15.9. The fourth-order valence-corrected chi connectivity index (χ4v) is 4.71. The van der Waals surface area contributed by atoms with Crippen LogP contribution in [0.25, 0.3) is 5.76 Å². The largest absolute Gasteiger partial charge is 0.507 e. The second kappa shape index (κ2) is 10.2. The second-order valence-corrected chi connectivity index (χ2v) is 10.7. The van der Waals surface area contributed by atoms with Crippen LogP contribution >= 0.6 is 0 Å². The number of rotatable bonds is 5. The molecular formula is C31H30F3NO4. The van der Waals surface area contributed by atoms with E-state index in [9.17, 15) is 27.9 Å². The molecule has 1 fully saturated rings. The Morgan fingerprint density at radius 1 is 0.949 bits per heavy atom. The number of ketones is 1. The summed E-state index contributed by atoms with van der Waals surface area (Å²) >= 11 is 0. The van der Waals surface area contributed by atoms with Gasteiger partial charge >= 0.3 is 6.18 Å². The van der Waals surface area contributed by atoms with Gasteiger partial charge in [0.1, 0.15) is 11.5 Å². The van der Waals surface area contributed by atoms with Gasteiger partial charge in [-0.25, -0.2) is 0 Å². The Morgan fingerprint density at radius 2 is 1.62 bits per heavy atom. The molecule has 4 rings (SSSR count). The van der Waals surface area contributed by atoms with Gasteiger partial charge < -0.3 is 14.7 Å². The number of halogens is 3. The zero-order chi connectivity index (χ0) is 28.7. The molecule has 1 aliphatic heterocycles. The topological polar surface area (TPSA) is 66.8 Å². The molecule has 5 nitrogen and oxygen atoms in total. The lowest BCUT2D eigenvalue weighted by atomic mass is 9.84. The summed E-state index contributed by atoms with van der Waals surface area (Å²) in [5.41, 5.74) is 1.54. The molecule has 204 valence electrons. The van der Waals surface area contributed by atoms with Gasteiger partial charge in [0.05, 0.1) is 24.3 Å². The van der Waals surface area contributed by atoms with Gasteiger partial charge in [-0.05, 0) is 64.9 Å². The van der Waals surface area contributed by atoms with Crippen molar-refractivity contribution in [3.05, 3.63) is 106 Å². The number of carbonyl (C=O) groups excluding carboxylic acids is 2. The smallest absolute Gasteiger partial charge is 0.416 e. The standard InChI is InChI=1S/C31H30F3NO4/c1-18-9-12-21(30(2,3)4)16-24(18)27(36)25-26(20-10-13-23(39-5)14-11-20)35(29(38)28(25)37)17-19-7-6-8-22(15-19)31(32,33)34/h6-16,26,36H,17H2,1-5H3/b27-25+. The summed E-state index contributed by atoms with van der Waals surface area (Å²) in [5, 5.41) is 11.6. The minimum absolute atomic E-state index is 0.119. The average Bonchev–Trinajstić information content (AvgIpc) is 3.12. The van der Waals surface area contributed by atoms with E-state index < -0.39 is 29.5 Å². The number of carbonyl (C=O) groups is 2. The Hall–Kier alpha value is -4.07. The maximum atomic E-state index is 13.4. The lowest BCUT2D eigenvalue weighted by molar-refractivity contribution is -0.140. The number of amides is 1. The third-order valence-electron chi connectivity index (χ3n) is 6.94. The van der Waals surface area contributed by atoms with Gasteiger partial charge in [0.2, 0.25) is 0 Å². The predicted octanol–water partition coefficient (Wildman–Crippen LogP) is 6.94. The van der Waals surface area contributed by atoms with Crippen LogP contribution in [0.3, 0.4) is 0 Å². The molecule has 1 aliphatic rings. The van der Waals surface area contributed by atoms with Gasteiger partial charge in [-0.3, -0.25) is 9.59 Å². The van der Waals surface area contributed by atoms with Crippen molar-refractivity contribution in [1.29, 1.82) is 0 Å². The molecule has 1 heterocycles. The first kappa shape index (κ1) is 28.0. The monoisotopic (exact) mass is 537 g/mol. The van der Waals surface area contributed by atoms with Crippen molar-refractivity contribution in [2.75, 3.05) is 7.11 Å². The molecule has 1 atom stereocenters. The van der Waals surface area contributed by atoms with E-state index in [0.29, 0.717) is 22.4 Å². The highest BCUT2D eigenvalue weighted by Crippen LogP contribution is 2.42. The van der Waals surface area contributed by atoms with Gasteiger partial charge in [0.15, 0.2) is 0 Å². The minimum atomic E-state index is -4.56. The van der Waals surface area contributed by atoms with Gasteiger partial charge in [0, 0.05) is 12.1 Å². The van der Waals surface area contributed by atoms with E-state index in [4.69, 9.17) is 4.74 Å². The van der Waals surface area contributed by atoms with E-state index in [1.54, 1.807) is 37.3 Å². The fourth-order valence-electron chi connectivity index (χ4n) is 4.71. The van der Waals surface area contributed by atoms with E-state index in [0.717, 1.165) is 17.7 Å². The Bertz CT molecular complexity index is 1450. The van der Waals surface area contributed by atoms with Crippen molar-refractivity contribution >= 4 is 17.4 Å². The molecule has 0 radical (unpaired) electrons. The van der Waals surface area contributed by atoms with Crippen molar-refractivity contribution in [3.63, 3.8) is 0 Å². The number of likely N-dealkylation sites (tertiary alicyclic amines) is 1. The molecule has 0 aromatic heterocycles. The summed E-state index contributed by atoms with van der Waals surface area (Å²) in [5.74, 6) is -1.59. The summed E-state index contributed by atoms with van der Waals surface area (Å²) in [7, 11) is 1.50. The summed E-state index contributed by atoms with van der Waals surface area (Å²) in [6.07, 6.45) is -4.56. The van der Waals surface area contributed by atoms with Crippen LogP contribution in [0, 0.1) is 6.92 Å². The SMILES string of the molecule is COc1ccc(C2/C(=C(\O)c3cc(C(C)(C)C)ccc3C)C(=O)C(=O)N2Cc2cccc(C(F)(F)F)c2)cc1. The van der Waals surface area contributed by atoms with Gasteiger partial charge in [0.25, 0.3) is 11.7 Å². The van der Waals surface area contributed by atoms with E-state index in [1.807, 2.05) is 32.9 Å². The van der Waals surface area contributed by atoms with Gasteiger partial charge in [-0.15, -0.1) is 0 Å². The van der Waals surface area contributed by atoms with Crippen LogP contribution in [-0.4, -0.2) is 28.8 Å². The molecule has 1 saturated heterocycles. The van der Waals surface area contributed by atoms with E-state index in [1.165, 1.54) is 24.1 Å². The van der Waals surface area contributed by atoms with Crippen LogP contribution < -0.4 is 4.74 Å².